The molecular weight excluding hydrogens is 372 g/mol. The third-order valence-electron chi connectivity index (χ3n) is 5.23. The summed E-state index contributed by atoms with van der Waals surface area (Å²) in [6.45, 7) is 0. The van der Waals surface area contributed by atoms with Gasteiger partial charge in [-0.3, -0.25) is 8.97 Å². The normalized spacial score (nSPS) is 12.2. The third-order valence-corrected chi connectivity index (χ3v) is 5.46. The van der Waals surface area contributed by atoms with Crippen molar-refractivity contribution < 1.29 is 4.74 Å². The van der Waals surface area contributed by atoms with Crippen LogP contribution in [0.15, 0.2) is 83.8 Å². The van der Waals surface area contributed by atoms with Crippen LogP contribution in [0.25, 0.3) is 33.2 Å². The lowest BCUT2D eigenvalue weighted by molar-refractivity contribution is 0.485. The van der Waals surface area contributed by atoms with Crippen molar-refractivity contribution in [1.29, 1.82) is 0 Å². The average molecular weight is 385 g/mol. The molecular formula is C23H13ClN2O2. The maximum atomic E-state index is 13.5. The fourth-order valence-electron chi connectivity index (χ4n) is 4.02. The van der Waals surface area contributed by atoms with Crippen molar-refractivity contribution in [3.8, 4) is 28.4 Å². The maximum absolute atomic E-state index is 13.5. The van der Waals surface area contributed by atoms with Gasteiger partial charge in [0.15, 0.2) is 5.75 Å². The van der Waals surface area contributed by atoms with Crippen molar-refractivity contribution in [1.82, 2.24) is 8.97 Å². The number of pyridine rings is 1. The number of ether oxygens (including phenoxy) is 1. The standard InChI is InChI=1S/C23H13ClN2O2/c24-15-9-10-20-18(13-15)26-22(17-7-3-4-8-19(17)28-20)21-16-6-2-1-5-14(16)11-12-25(21)23(26)27/h1-13H. The summed E-state index contributed by atoms with van der Waals surface area (Å²) in [5.74, 6) is 1.30. The number of hydrogen-bond donors (Lipinski definition) is 0. The van der Waals surface area contributed by atoms with Gasteiger partial charge in [0.1, 0.15) is 5.75 Å². The second-order valence-electron chi connectivity index (χ2n) is 6.80. The molecule has 134 valence electrons. The first-order valence-corrected chi connectivity index (χ1v) is 9.32. The highest BCUT2D eigenvalue weighted by Crippen LogP contribution is 2.44. The highest BCUT2D eigenvalue weighted by Gasteiger charge is 2.27. The van der Waals surface area contributed by atoms with Crippen LogP contribution in [0.4, 0.5) is 0 Å². The zero-order chi connectivity index (χ0) is 18.8. The largest absolute Gasteiger partial charge is 0.454 e. The molecule has 0 atom stereocenters. The quantitative estimate of drug-likeness (QED) is 0.338. The Morgan fingerprint density at radius 2 is 1.68 bits per heavy atom. The van der Waals surface area contributed by atoms with Gasteiger partial charge in [0.05, 0.1) is 16.9 Å². The highest BCUT2D eigenvalue weighted by molar-refractivity contribution is 6.30. The molecule has 28 heavy (non-hydrogen) atoms. The van der Waals surface area contributed by atoms with E-state index < -0.39 is 0 Å². The van der Waals surface area contributed by atoms with Crippen molar-refractivity contribution in [3.63, 3.8) is 0 Å². The number of para-hydroxylation sites is 1. The molecule has 0 N–H and O–H groups in total. The van der Waals surface area contributed by atoms with Crippen LogP contribution in [-0.2, 0) is 0 Å². The van der Waals surface area contributed by atoms with Gasteiger partial charge in [-0.15, -0.1) is 0 Å². The first kappa shape index (κ1) is 15.5. The molecule has 0 unspecified atom stereocenters. The summed E-state index contributed by atoms with van der Waals surface area (Å²) < 4.78 is 9.59. The van der Waals surface area contributed by atoms with E-state index in [9.17, 15) is 4.79 Å². The molecule has 0 radical (unpaired) electrons. The molecule has 0 saturated carbocycles. The Kier molecular flexibility index (Phi) is 3.06. The van der Waals surface area contributed by atoms with Crippen LogP contribution in [0.1, 0.15) is 0 Å². The molecule has 3 heterocycles. The monoisotopic (exact) mass is 384 g/mol. The minimum absolute atomic E-state index is 0.153. The number of hydrogen-bond acceptors (Lipinski definition) is 2. The second kappa shape index (κ2) is 5.50. The van der Waals surface area contributed by atoms with Gasteiger partial charge < -0.3 is 4.74 Å². The van der Waals surface area contributed by atoms with Crippen molar-refractivity contribution in [3.05, 3.63) is 94.5 Å². The molecule has 3 aromatic carbocycles. The predicted octanol–water partition coefficient (Wildman–Crippen LogP) is 5.67. The smallest absolute Gasteiger partial charge is 0.338 e. The predicted molar refractivity (Wildman–Crippen MR) is 111 cm³/mol. The number of rotatable bonds is 0. The van der Waals surface area contributed by atoms with Crippen LogP contribution >= 0.6 is 11.6 Å². The number of fused-ring (bicyclic) bond motifs is 9. The van der Waals surface area contributed by atoms with Gasteiger partial charge in [-0.1, -0.05) is 48.0 Å². The van der Waals surface area contributed by atoms with Crippen molar-refractivity contribution in [2.24, 2.45) is 0 Å². The zero-order valence-electron chi connectivity index (χ0n) is 14.6. The van der Waals surface area contributed by atoms with Crippen LogP contribution in [0.2, 0.25) is 5.02 Å². The van der Waals surface area contributed by atoms with Gasteiger partial charge in [-0.2, -0.15) is 0 Å². The Hall–Kier alpha value is -3.50. The lowest BCUT2D eigenvalue weighted by atomic mass is 10.1. The minimum Gasteiger partial charge on any atom is -0.454 e. The van der Waals surface area contributed by atoms with Gasteiger partial charge in [0.2, 0.25) is 0 Å². The van der Waals surface area contributed by atoms with Gasteiger partial charge in [-0.05, 0) is 41.8 Å². The molecule has 0 fully saturated rings. The molecule has 0 spiro atoms. The third kappa shape index (κ3) is 1.98. The fourth-order valence-corrected chi connectivity index (χ4v) is 4.19. The van der Waals surface area contributed by atoms with E-state index in [0.29, 0.717) is 22.2 Å². The van der Waals surface area contributed by atoms with Crippen LogP contribution in [0.5, 0.6) is 11.5 Å². The van der Waals surface area contributed by atoms with Crippen LogP contribution < -0.4 is 10.4 Å². The molecule has 0 amide bonds. The van der Waals surface area contributed by atoms with E-state index in [1.165, 1.54) is 0 Å². The molecule has 2 aromatic heterocycles. The van der Waals surface area contributed by atoms with Crippen LogP contribution in [0.3, 0.4) is 0 Å². The number of nitrogens with zero attached hydrogens (tertiary/aromatic N) is 2. The Balaban J connectivity index is 1.92. The van der Waals surface area contributed by atoms with Crippen molar-refractivity contribution >= 4 is 27.9 Å². The fraction of sp³-hybridized carbons (Fsp3) is 0. The van der Waals surface area contributed by atoms with Crippen molar-refractivity contribution in [2.75, 3.05) is 0 Å². The Morgan fingerprint density at radius 1 is 0.857 bits per heavy atom. The summed E-state index contributed by atoms with van der Waals surface area (Å²) in [6, 6.07) is 23.2. The van der Waals surface area contributed by atoms with Gasteiger partial charge in [-0.25, -0.2) is 4.79 Å². The number of benzene rings is 3. The summed E-state index contributed by atoms with van der Waals surface area (Å²) >= 11 is 6.28. The number of aromatic nitrogens is 2. The molecule has 4 nitrogen and oxygen atoms in total. The highest BCUT2D eigenvalue weighted by atomic mass is 35.5. The first-order chi connectivity index (χ1) is 13.7. The van der Waals surface area contributed by atoms with E-state index in [1.54, 1.807) is 27.2 Å². The van der Waals surface area contributed by atoms with Gasteiger partial charge in [0.25, 0.3) is 0 Å². The Labute approximate surface area is 164 Å². The minimum atomic E-state index is -0.153. The van der Waals surface area contributed by atoms with E-state index in [2.05, 4.69) is 0 Å². The molecule has 0 aliphatic carbocycles. The SMILES string of the molecule is O=c1n2c(c3c4ccccc4ccn13)-c1ccccc1Oc1ccc(Cl)cc1-2. The lowest BCUT2D eigenvalue weighted by Crippen LogP contribution is -2.19. The number of halogens is 1. The van der Waals surface area contributed by atoms with E-state index in [-0.39, 0.29) is 5.69 Å². The van der Waals surface area contributed by atoms with E-state index in [0.717, 1.165) is 27.5 Å². The summed E-state index contributed by atoms with van der Waals surface area (Å²) in [5.41, 5.74) is 3.01. The molecule has 0 saturated heterocycles. The topological polar surface area (TPSA) is 35.6 Å². The summed E-state index contributed by atoms with van der Waals surface area (Å²) in [6.07, 6.45) is 1.83. The molecule has 6 rings (SSSR count). The van der Waals surface area contributed by atoms with E-state index in [1.807, 2.05) is 60.8 Å². The molecule has 5 heteroatoms. The molecule has 0 bridgehead atoms. The zero-order valence-corrected chi connectivity index (χ0v) is 15.4. The lowest BCUT2D eigenvalue weighted by Gasteiger charge is -2.09. The van der Waals surface area contributed by atoms with E-state index in [4.69, 9.17) is 16.3 Å². The molecule has 5 aromatic rings. The van der Waals surface area contributed by atoms with Crippen molar-refractivity contribution in [2.45, 2.75) is 0 Å². The first-order valence-electron chi connectivity index (χ1n) is 8.94. The van der Waals surface area contributed by atoms with Gasteiger partial charge >= 0.3 is 5.69 Å². The summed E-state index contributed by atoms with van der Waals surface area (Å²) in [7, 11) is 0. The number of imidazole rings is 1. The molecule has 1 aliphatic rings. The van der Waals surface area contributed by atoms with E-state index >= 15 is 0 Å². The summed E-state index contributed by atoms with van der Waals surface area (Å²) in [4.78, 5) is 13.5. The van der Waals surface area contributed by atoms with Crippen LogP contribution in [-0.4, -0.2) is 8.97 Å². The average Bonchev–Trinajstić information content (AvgIpc) is 2.94. The maximum Gasteiger partial charge on any atom is 0.338 e. The Morgan fingerprint density at radius 3 is 2.61 bits per heavy atom. The van der Waals surface area contributed by atoms with Crippen LogP contribution in [0, 0.1) is 0 Å². The Bertz CT molecular complexity index is 1480. The second-order valence-corrected chi connectivity index (χ2v) is 7.23. The molecule has 1 aliphatic heterocycles. The summed E-state index contributed by atoms with van der Waals surface area (Å²) in [5, 5.41) is 2.63. The van der Waals surface area contributed by atoms with Gasteiger partial charge in [0, 0.05) is 22.2 Å².